The van der Waals surface area contributed by atoms with Crippen LogP contribution in [-0.2, 0) is 6.54 Å². The first-order valence-corrected chi connectivity index (χ1v) is 5.61. The molecule has 0 saturated carbocycles. The van der Waals surface area contributed by atoms with Crippen molar-refractivity contribution in [3.05, 3.63) is 40.9 Å². The van der Waals surface area contributed by atoms with Gasteiger partial charge in [0.15, 0.2) is 5.76 Å². The maximum atomic E-state index is 11.4. The summed E-state index contributed by atoms with van der Waals surface area (Å²) in [5.74, 6) is 5.62. The molecule has 0 aromatic carbocycles. The number of hydrazine groups is 1. The number of hydrogen-bond donors (Lipinski definition) is 2. The molecule has 0 aliphatic carbocycles. The highest BCUT2D eigenvalue weighted by Crippen LogP contribution is 2.16. The Balaban J connectivity index is 2.25. The number of rotatable bonds is 3. The normalized spacial score (nSPS) is 10.7. The second kappa shape index (κ2) is 4.66. The molecular weight excluding hydrogens is 232 g/mol. The van der Waals surface area contributed by atoms with Crippen LogP contribution in [0.1, 0.15) is 33.3 Å². The molecule has 2 rings (SSSR count). The molecule has 6 nitrogen and oxygen atoms in total. The SMILES string of the molecule is Cc1cc(Cn2cnc(C)c2C)oc1C(=O)NN. The van der Waals surface area contributed by atoms with E-state index in [0.717, 1.165) is 17.0 Å². The minimum atomic E-state index is -0.419. The first kappa shape index (κ1) is 12.4. The number of nitrogens with two attached hydrogens (primary N) is 1. The highest BCUT2D eigenvalue weighted by molar-refractivity contribution is 5.92. The molecule has 0 aliphatic heterocycles. The predicted molar refractivity (Wildman–Crippen MR) is 65.9 cm³/mol. The maximum absolute atomic E-state index is 11.4. The fourth-order valence-electron chi connectivity index (χ4n) is 1.79. The van der Waals surface area contributed by atoms with Crippen molar-refractivity contribution in [1.29, 1.82) is 0 Å². The lowest BCUT2D eigenvalue weighted by Gasteiger charge is -2.02. The molecule has 0 bridgehead atoms. The van der Waals surface area contributed by atoms with Crippen LogP contribution in [0, 0.1) is 20.8 Å². The Bertz CT molecular complexity index is 583. The van der Waals surface area contributed by atoms with Gasteiger partial charge in [-0.1, -0.05) is 0 Å². The van der Waals surface area contributed by atoms with Crippen LogP contribution in [0.2, 0.25) is 0 Å². The van der Waals surface area contributed by atoms with E-state index in [-0.39, 0.29) is 5.76 Å². The summed E-state index contributed by atoms with van der Waals surface area (Å²) in [6.45, 7) is 6.30. The Hall–Kier alpha value is -2.08. The summed E-state index contributed by atoms with van der Waals surface area (Å²) in [6, 6.07) is 1.83. The number of furan rings is 1. The molecular formula is C12H16N4O2. The summed E-state index contributed by atoms with van der Waals surface area (Å²) in [7, 11) is 0. The van der Waals surface area contributed by atoms with E-state index < -0.39 is 5.91 Å². The fraction of sp³-hybridized carbons (Fsp3) is 0.333. The minimum absolute atomic E-state index is 0.252. The van der Waals surface area contributed by atoms with Crippen LogP contribution < -0.4 is 11.3 Å². The van der Waals surface area contributed by atoms with Crippen molar-refractivity contribution < 1.29 is 9.21 Å². The number of aryl methyl sites for hydroxylation is 2. The molecule has 0 fully saturated rings. The number of carbonyl (C=O) groups excluding carboxylic acids is 1. The molecule has 3 N–H and O–H groups in total. The van der Waals surface area contributed by atoms with Crippen molar-refractivity contribution in [2.24, 2.45) is 5.84 Å². The third-order valence-corrected chi connectivity index (χ3v) is 2.98. The second-order valence-corrected chi connectivity index (χ2v) is 4.24. The van der Waals surface area contributed by atoms with E-state index in [9.17, 15) is 4.79 Å². The zero-order valence-corrected chi connectivity index (χ0v) is 10.7. The van der Waals surface area contributed by atoms with Crippen LogP contribution in [0.25, 0.3) is 0 Å². The lowest BCUT2D eigenvalue weighted by molar-refractivity contribution is 0.0923. The van der Waals surface area contributed by atoms with Gasteiger partial charge in [-0.3, -0.25) is 10.2 Å². The van der Waals surface area contributed by atoms with E-state index in [2.05, 4.69) is 10.4 Å². The van der Waals surface area contributed by atoms with Gasteiger partial charge in [0.2, 0.25) is 0 Å². The van der Waals surface area contributed by atoms with Gasteiger partial charge in [-0.15, -0.1) is 0 Å². The zero-order chi connectivity index (χ0) is 13.3. The average Bonchev–Trinajstić information content (AvgIpc) is 2.86. The van der Waals surface area contributed by atoms with Gasteiger partial charge in [-0.05, 0) is 26.8 Å². The van der Waals surface area contributed by atoms with Gasteiger partial charge in [-0.2, -0.15) is 0 Å². The predicted octanol–water partition coefficient (Wildman–Crippen LogP) is 1.05. The minimum Gasteiger partial charge on any atom is -0.454 e. The van der Waals surface area contributed by atoms with Gasteiger partial charge in [0.1, 0.15) is 5.76 Å². The second-order valence-electron chi connectivity index (χ2n) is 4.24. The highest BCUT2D eigenvalue weighted by Gasteiger charge is 2.15. The number of nitrogen functional groups attached to an aromatic ring is 1. The number of nitrogens with zero attached hydrogens (tertiary/aromatic N) is 2. The van der Waals surface area contributed by atoms with Gasteiger partial charge in [0.25, 0.3) is 0 Å². The fourth-order valence-corrected chi connectivity index (χ4v) is 1.79. The molecule has 18 heavy (non-hydrogen) atoms. The van der Waals surface area contributed by atoms with Gasteiger partial charge in [-0.25, -0.2) is 10.8 Å². The molecule has 96 valence electrons. The zero-order valence-electron chi connectivity index (χ0n) is 10.7. The third kappa shape index (κ3) is 2.14. The van der Waals surface area contributed by atoms with E-state index in [4.69, 9.17) is 10.3 Å². The molecule has 0 radical (unpaired) electrons. The lowest BCUT2D eigenvalue weighted by Crippen LogP contribution is -2.30. The van der Waals surface area contributed by atoms with Gasteiger partial charge < -0.3 is 8.98 Å². The van der Waals surface area contributed by atoms with Gasteiger partial charge in [0.05, 0.1) is 18.6 Å². The Labute approximate surface area is 105 Å². The molecule has 2 aromatic rings. The molecule has 0 spiro atoms. The molecule has 6 heteroatoms. The van der Waals surface area contributed by atoms with Crippen molar-refractivity contribution in [3.63, 3.8) is 0 Å². The number of imidazole rings is 1. The Morgan fingerprint density at radius 3 is 2.78 bits per heavy atom. The summed E-state index contributed by atoms with van der Waals surface area (Å²) in [5.41, 5.74) is 4.89. The van der Waals surface area contributed by atoms with Crippen LogP contribution >= 0.6 is 0 Å². The topological polar surface area (TPSA) is 86.1 Å². The highest BCUT2D eigenvalue weighted by atomic mass is 16.4. The standard InChI is InChI=1S/C12H16N4O2/c1-7-4-10(18-11(7)12(17)15-13)5-16-6-14-8(2)9(16)3/h4,6H,5,13H2,1-3H3,(H,15,17). The van der Waals surface area contributed by atoms with E-state index >= 15 is 0 Å². The first-order valence-electron chi connectivity index (χ1n) is 5.61. The molecule has 2 heterocycles. The number of carbonyl (C=O) groups is 1. The summed E-state index contributed by atoms with van der Waals surface area (Å²) >= 11 is 0. The first-order chi connectivity index (χ1) is 8.52. The Kier molecular flexibility index (Phi) is 3.20. The molecule has 2 aromatic heterocycles. The number of nitrogens with one attached hydrogen (secondary N) is 1. The largest absolute Gasteiger partial charge is 0.454 e. The van der Waals surface area contributed by atoms with Crippen LogP contribution in [-0.4, -0.2) is 15.5 Å². The van der Waals surface area contributed by atoms with E-state index in [1.54, 1.807) is 6.33 Å². The van der Waals surface area contributed by atoms with Crippen LogP contribution in [0.4, 0.5) is 0 Å². The van der Waals surface area contributed by atoms with Gasteiger partial charge in [0, 0.05) is 11.3 Å². The van der Waals surface area contributed by atoms with Crippen molar-refractivity contribution in [1.82, 2.24) is 15.0 Å². The smallest absolute Gasteiger partial charge is 0.301 e. The average molecular weight is 248 g/mol. The molecule has 0 saturated heterocycles. The molecule has 0 atom stereocenters. The van der Waals surface area contributed by atoms with Gasteiger partial charge >= 0.3 is 5.91 Å². The monoisotopic (exact) mass is 248 g/mol. The van der Waals surface area contributed by atoms with Crippen LogP contribution in [0.3, 0.4) is 0 Å². The third-order valence-electron chi connectivity index (χ3n) is 2.98. The lowest BCUT2D eigenvalue weighted by atomic mass is 10.2. The summed E-state index contributed by atoms with van der Waals surface area (Å²) in [4.78, 5) is 15.6. The quantitative estimate of drug-likeness (QED) is 0.483. The number of aromatic nitrogens is 2. The van der Waals surface area contributed by atoms with Crippen molar-refractivity contribution in [2.75, 3.05) is 0 Å². The Morgan fingerprint density at radius 1 is 1.50 bits per heavy atom. The van der Waals surface area contributed by atoms with E-state index in [1.165, 1.54) is 0 Å². The summed E-state index contributed by atoms with van der Waals surface area (Å²) in [6.07, 6.45) is 1.76. The molecule has 0 unspecified atom stereocenters. The van der Waals surface area contributed by atoms with Crippen molar-refractivity contribution >= 4 is 5.91 Å². The molecule has 1 amide bonds. The molecule has 0 aliphatic rings. The van der Waals surface area contributed by atoms with E-state index in [0.29, 0.717) is 12.3 Å². The van der Waals surface area contributed by atoms with Crippen LogP contribution in [0.5, 0.6) is 0 Å². The van der Waals surface area contributed by atoms with Crippen LogP contribution in [0.15, 0.2) is 16.8 Å². The number of amides is 1. The van der Waals surface area contributed by atoms with Crippen molar-refractivity contribution in [2.45, 2.75) is 27.3 Å². The maximum Gasteiger partial charge on any atom is 0.301 e. The van der Waals surface area contributed by atoms with E-state index in [1.807, 2.05) is 31.4 Å². The van der Waals surface area contributed by atoms with Crippen molar-refractivity contribution in [3.8, 4) is 0 Å². The summed E-state index contributed by atoms with van der Waals surface area (Å²) < 4.78 is 7.46. The number of hydrogen-bond acceptors (Lipinski definition) is 4. The summed E-state index contributed by atoms with van der Waals surface area (Å²) in [5, 5.41) is 0. The Morgan fingerprint density at radius 2 is 2.22 bits per heavy atom.